The Balaban J connectivity index is 2.08. The number of carbonyl (C=O) groups excluding carboxylic acids is 1. The van der Waals surface area contributed by atoms with Crippen LogP contribution in [0.2, 0.25) is 0 Å². The standard InChI is InChI=1S/C18H29N3O5S/c1-5-20(6-2)18(22)14-19-9-11-21(12-10-19)27(23,24)17-13-15(25-3)7-8-16(17)26-4/h7-8,13H,5-6,9-12,14H2,1-4H3. The maximum atomic E-state index is 13.1. The minimum atomic E-state index is -3.71. The number of piperazine rings is 1. The minimum absolute atomic E-state index is 0.0748. The molecule has 1 aliphatic heterocycles. The van der Waals surface area contributed by atoms with Crippen molar-refractivity contribution in [1.82, 2.24) is 14.1 Å². The molecule has 0 atom stereocenters. The van der Waals surface area contributed by atoms with Gasteiger partial charge in [0.25, 0.3) is 0 Å². The molecule has 9 heteroatoms. The molecule has 0 bridgehead atoms. The Kier molecular flexibility index (Phi) is 7.46. The summed E-state index contributed by atoms with van der Waals surface area (Å²) in [4.78, 5) is 16.1. The van der Waals surface area contributed by atoms with Gasteiger partial charge in [-0.1, -0.05) is 0 Å². The molecule has 8 nitrogen and oxygen atoms in total. The van der Waals surface area contributed by atoms with Crippen molar-refractivity contribution in [3.8, 4) is 11.5 Å². The summed E-state index contributed by atoms with van der Waals surface area (Å²) in [6.07, 6.45) is 0. The van der Waals surface area contributed by atoms with Crippen LogP contribution < -0.4 is 9.47 Å². The molecule has 1 heterocycles. The number of amides is 1. The van der Waals surface area contributed by atoms with Gasteiger partial charge in [-0.05, 0) is 26.0 Å². The zero-order chi connectivity index (χ0) is 20.0. The van der Waals surface area contributed by atoms with Gasteiger partial charge < -0.3 is 14.4 Å². The highest BCUT2D eigenvalue weighted by Gasteiger charge is 2.32. The number of rotatable bonds is 8. The smallest absolute Gasteiger partial charge is 0.246 e. The third-order valence-electron chi connectivity index (χ3n) is 4.79. The first-order valence-electron chi connectivity index (χ1n) is 9.09. The second kappa shape index (κ2) is 9.38. The highest BCUT2D eigenvalue weighted by molar-refractivity contribution is 7.89. The van der Waals surface area contributed by atoms with Crippen molar-refractivity contribution in [2.24, 2.45) is 0 Å². The number of hydrogen-bond donors (Lipinski definition) is 0. The molecule has 0 unspecified atom stereocenters. The van der Waals surface area contributed by atoms with Gasteiger partial charge in [0, 0.05) is 45.3 Å². The molecule has 1 fully saturated rings. The van der Waals surface area contributed by atoms with E-state index in [4.69, 9.17) is 9.47 Å². The molecule has 0 radical (unpaired) electrons. The highest BCUT2D eigenvalue weighted by atomic mass is 32.2. The van der Waals surface area contributed by atoms with Gasteiger partial charge in [0.1, 0.15) is 16.4 Å². The molecule has 1 amide bonds. The van der Waals surface area contributed by atoms with Gasteiger partial charge in [-0.2, -0.15) is 4.31 Å². The lowest BCUT2D eigenvalue weighted by molar-refractivity contribution is -0.132. The molecule has 1 aromatic carbocycles. The van der Waals surface area contributed by atoms with E-state index in [1.807, 2.05) is 18.7 Å². The number of nitrogens with zero attached hydrogens (tertiary/aromatic N) is 3. The summed E-state index contributed by atoms with van der Waals surface area (Å²) in [5.41, 5.74) is 0. The molecule has 152 valence electrons. The lowest BCUT2D eigenvalue weighted by Gasteiger charge is -2.34. The zero-order valence-corrected chi connectivity index (χ0v) is 17.3. The van der Waals surface area contributed by atoms with Crippen LogP contribution in [-0.2, 0) is 14.8 Å². The van der Waals surface area contributed by atoms with E-state index in [1.165, 1.54) is 24.6 Å². The molecule has 0 saturated carbocycles. The van der Waals surface area contributed by atoms with E-state index in [0.29, 0.717) is 51.6 Å². The SMILES string of the molecule is CCN(CC)C(=O)CN1CCN(S(=O)(=O)c2cc(OC)ccc2OC)CC1. The molecule has 0 spiro atoms. The lowest BCUT2D eigenvalue weighted by atomic mass is 10.3. The summed E-state index contributed by atoms with van der Waals surface area (Å²) in [6.45, 7) is 7.26. The molecule has 0 aromatic heterocycles. The molecule has 0 aliphatic carbocycles. The predicted octanol–water partition coefficient (Wildman–Crippen LogP) is 0.879. The van der Waals surface area contributed by atoms with E-state index in [2.05, 4.69) is 0 Å². The van der Waals surface area contributed by atoms with Crippen molar-refractivity contribution in [3.05, 3.63) is 18.2 Å². The number of hydrogen-bond acceptors (Lipinski definition) is 6. The molecule has 2 rings (SSSR count). The van der Waals surface area contributed by atoms with Gasteiger partial charge in [-0.25, -0.2) is 8.42 Å². The van der Waals surface area contributed by atoms with Crippen LogP contribution in [0.1, 0.15) is 13.8 Å². The fraction of sp³-hybridized carbons (Fsp3) is 0.611. The molecule has 27 heavy (non-hydrogen) atoms. The fourth-order valence-corrected chi connectivity index (χ4v) is 4.71. The van der Waals surface area contributed by atoms with Crippen LogP contribution in [0.5, 0.6) is 11.5 Å². The monoisotopic (exact) mass is 399 g/mol. The Hall–Kier alpha value is -1.84. The summed E-state index contributed by atoms with van der Waals surface area (Å²) in [5.74, 6) is 0.818. The quantitative estimate of drug-likeness (QED) is 0.646. The van der Waals surface area contributed by atoms with Crippen LogP contribution in [0.3, 0.4) is 0 Å². The molecule has 1 saturated heterocycles. The Morgan fingerprint density at radius 1 is 1.07 bits per heavy atom. The van der Waals surface area contributed by atoms with Crippen molar-refractivity contribution in [2.45, 2.75) is 18.7 Å². The third kappa shape index (κ3) is 4.91. The first kappa shape index (κ1) is 21.5. The number of likely N-dealkylation sites (N-methyl/N-ethyl adjacent to an activating group) is 1. The van der Waals surface area contributed by atoms with Crippen LogP contribution in [0, 0.1) is 0 Å². The van der Waals surface area contributed by atoms with Crippen molar-refractivity contribution in [1.29, 1.82) is 0 Å². The lowest BCUT2D eigenvalue weighted by Crippen LogP contribution is -2.51. The minimum Gasteiger partial charge on any atom is -0.497 e. The predicted molar refractivity (Wildman–Crippen MR) is 103 cm³/mol. The van der Waals surface area contributed by atoms with Gasteiger partial charge in [-0.15, -0.1) is 0 Å². The molecular weight excluding hydrogens is 370 g/mol. The van der Waals surface area contributed by atoms with E-state index in [0.717, 1.165) is 0 Å². The Labute approximate surface area is 161 Å². The molecule has 1 aliphatic rings. The number of ether oxygens (including phenoxy) is 2. The van der Waals surface area contributed by atoms with E-state index in [1.54, 1.807) is 17.0 Å². The average molecular weight is 400 g/mol. The maximum Gasteiger partial charge on any atom is 0.246 e. The number of carbonyl (C=O) groups is 1. The van der Waals surface area contributed by atoms with Crippen LogP contribution in [0.25, 0.3) is 0 Å². The molecule has 1 aromatic rings. The summed E-state index contributed by atoms with van der Waals surface area (Å²) in [6, 6.07) is 4.73. The first-order chi connectivity index (χ1) is 12.9. The van der Waals surface area contributed by atoms with Crippen molar-refractivity contribution >= 4 is 15.9 Å². The van der Waals surface area contributed by atoms with Crippen molar-refractivity contribution < 1.29 is 22.7 Å². The van der Waals surface area contributed by atoms with Gasteiger partial charge >= 0.3 is 0 Å². The number of methoxy groups -OCH3 is 2. The summed E-state index contributed by atoms with van der Waals surface area (Å²) in [7, 11) is -0.777. The van der Waals surface area contributed by atoms with Crippen molar-refractivity contribution in [3.63, 3.8) is 0 Å². The third-order valence-corrected chi connectivity index (χ3v) is 6.71. The first-order valence-corrected chi connectivity index (χ1v) is 10.5. The van der Waals surface area contributed by atoms with E-state index >= 15 is 0 Å². The zero-order valence-electron chi connectivity index (χ0n) is 16.5. The normalized spacial score (nSPS) is 16.1. The van der Waals surface area contributed by atoms with Gasteiger partial charge in [0.15, 0.2) is 0 Å². The van der Waals surface area contributed by atoms with Gasteiger partial charge in [0.2, 0.25) is 15.9 Å². The van der Waals surface area contributed by atoms with Crippen LogP contribution >= 0.6 is 0 Å². The second-order valence-corrected chi connectivity index (χ2v) is 8.17. The highest BCUT2D eigenvalue weighted by Crippen LogP contribution is 2.31. The van der Waals surface area contributed by atoms with Crippen LogP contribution in [-0.4, -0.2) is 88.5 Å². The number of sulfonamides is 1. The maximum absolute atomic E-state index is 13.1. The Morgan fingerprint density at radius 3 is 2.22 bits per heavy atom. The van der Waals surface area contributed by atoms with Crippen LogP contribution in [0.15, 0.2) is 23.1 Å². The summed E-state index contributed by atoms with van der Waals surface area (Å²) in [5, 5.41) is 0. The Bertz CT molecular complexity index is 741. The van der Waals surface area contributed by atoms with Gasteiger partial charge in [-0.3, -0.25) is 9.69 Å². The average Bonchev–Trinajstić information content (AvgIpc) is 2.68. The van der Waals surface area contributed by atoms with Crippen molar-refractivity contribution in [2.75, 3.05) is 60.0 Å². The largest absolute Gasteiger partial charge is 0.497 e. The van der Waals surface area contributed by atoms with E-state index in [-0.39, 0.29) is 16.6 Å². The fourth-order valence-electron chi connectivity index (χ4n) is 3.12. The van der Waals surface area contributed by atoms with E-state index in [9.17, 15) is 13.2 Å². The van der Waals surface area contributed by atoms with E-state index < -0.39 is 10.0 Å². The summed E-state index contributed by atoms with van der Waals surface area (Å²) < 4.78 is 37.9. The second-order valence-electron chi connectivity index (χ2n) is 6.26. The topological polar surface area (TPSA) is 79.4 Å². The van der Waals surface area contributed by atoms with Crippen LogP contribution in [0.4, 0.5) is 0 Å². The van der Waals surface area contributed by atoms with Gasteiger partial charge in [0.05, 0.1) is 20.8 Å². The summed E-state index contributed by atoms with van der Waals surface area (Å²) >= 11 is 0. The molecule has 0 N–H and O–H groups in total. The number of benzene rings is 1. The Morgan fingerprint density at radius 2 is 1.70 bits per heavy atom. The molecular formula is C18H29N3O5S.